The lowest BCUT2D eigenvalue weighted by Gasteiger charge is -2.27. The zero-order valence-electron chi connectivity index (χ0n) is 19.8. The van der Waals surface area contributed by atoms with Crippen LogP contribution in [0.1, 0.15) is 54.7 Å². The molecule has 172 valence electrons. The molecule has 2 aliphatic rings. The Morgan fingerprint density at radius 1 is 1.00 bits per heavy atom. The minimum atomic E-state index is 0.111. The number of nitrogens with zero attached hydrogens (tertiary/aromatic N) is 3. The molecule has 1 N–H and O–H groups in total. The maximum atomic E-state index is 6.48. The molecule has 4 aromatic rings. The summed E-state index contributed by atoms with van der Waals surface area (Å²) in [5.41, 5.74) is 9.71. The lowest BCUT2D eigenvalue weighted by atomic mass is 9.92. The van der Waals surface area contributed by atoms with Gasteiger partial charge in [0.2, 0.25) is 0 Å². The number of rotatable bonds is 4. The van der Waals surface area contributed by atoms with Crippen LogP contribution in [0.15, 0.2) is 67.0 Å². The third kappa shape index (κ3) is 3.80. The Kier molecular flexibility index (Phi) is 5.42. The molecule has 2 aromatic heterocycles. The van der Waals surface area contributed by atoms with Crippen LogP contribution >= 0.6 is 0 Å². The molecule has 0 fully saturated rings. The second-order valence-electron chi connectivity index (χ2n) is 9.60. The summed E-state index contributed by atoms with van der Waals surface area (Å²) < 4.78 is 8.64. The summed E-state index contributed by atoms with van der Waals surface area (Å²) in [7, 11) is 0. The van der Waals surface area contributed by atoms with E-state index in [9.17, 15) is 0 Å². The predicted molar refractivity (Wildman–Crippen MR) is 135 cm³/mol. The van der Waals surface area contributed by atoms with Gasteiger partial charge in [0.15, 0.2) is 0 Å². The number of pyridine rings is 1. The molecule has 2 aliphatic heterocycles. The number of aromatic nitrogens is 3. The number of ether oxygens (including phenoxy) is 1. The summed E-state index contributed by atoms with van der Waals surface area (Å²) in [4.78, 5) is 4.19. The molecule has 1 unspecified atom stereocenters. The fourth-order valence-corrected chi connectivity index (χ4v) is 5.14. The van der Waals surface area contributed by atoms with Crippen molar-refractivity contribution in [2.24, 2.45) is 0 Å². The van der Waals surface area contributed by atoms with Crippen LogP contribution in [0.2, 0.25) is 0 Å². The van der Waals surface area contributed by atoms with Crippen LogP contribution in [0.4, 0.5) is 0 Å². The van der Waals surface area contributed by atoms with Gasteiger partial charge < -0.3 is 10.1 Å². The van der Waals surface area contributed by atoms with Gasteiger partial charge in [0.05, 0.1) is 12.2 Å². The highest BCUT2D eigenvalue weighted by Crippen LogP contribution is 2.41. The van der Waals surface area contributed by atoms with Crippen molar-refractivity contribution in [3.63, 3.8) is 0 Å². The minimum absolute atomic E-state index is 0.111. The van der Waals surface area contributed by atoms with Crippen molar-refractivity contribution < 1.29 is 4.74 Å². The van der Waals surface area contributed by atoms with Crippen molar-refractivity contribution in [2.75, 3.05) is 6.54 Å². The Morgan fingerprint density at radius 3 is 2.62 bits per heavy atom. The molecule has 0 amide bonds. The van der Waals surface area contributed by atoms with E-state index in [1.807, 2.05) is 24.5 Å². The number of fused-ring (bicyclic) bond motifs is 2. The van der Waals surface area contributed by atoms with E-state index < -0.39 is 0 Å². The Labute approximate surface area is 200 Å². The molecule has 0 spiro atoms. The Hall–Kier alpha value is -3.44. The summed E-state index contributed by atoms with van der Waals surface area (Å²) in [6.45, 7) is 7.12. The second kappa shape index (κ2) is 8.73. The zero-order chi connectivity index (χ0) is 23.1. The Morgan fingerprint density at radius 2 is 1.82 bits per heavy atom. The van der Waals surface area contributed by atoms with Crippen molar-refractivity contribution >= 4 is 0 Å². The van der Waals surface area contributed by atoms with E-state index in [0.717, 1.165) is 49.5 Å². The third-order valence-electron chi connectivity index (χ3n) is 7.07. The molecule has 0 saturated heterocycles. The minimum Gasteiger partial charge on any atom is -0.485 e. The van der Waals surface area contributed by atoms with E-state index in [4.69, 9.17) is 9.84 Å². The van der Waals surface area contributed by atoms with Crippen molar-refractivity contribution in [1.29, 1.82) is 0 Å². The average Bonchev–Trinajstić information content (AvgIpc) is 3.28. The van der Waals surface area contributed by atoms with Gasteiger partial charge in [-0.1, -0.05) is 44.2 Å². The van der Waals surface area contributed by atoms with Gasteiger partial charge >= 0.3 is 0 Å². The highest BCUT2D eigenvalue weighted by atomic mass is 16.5. The van der Waals surface area contributed by atoms with Crippen molar-refractivity contribution in [1.82, 2.24) is 20.1 Å². The lowest BCUT2D eigenvalue weighted by Crippen LogP contribution is -2.28. The summed E-state index contributed by atoms with van der Waals surface area (Å²) in [6, 6.07) is 19.7. The summed E-state index contributed by atoms with van der Waals surface area (Å²) in [6.07, 6.45) is 5.78. The maximum absolute atomic E-state index is 6.48. The predicted octanol–water partition coefficient (Wildman–Crippen LogP) is 5.91. The van der Waals surface area contributed by atoms with Gasteiger partial charge in [-0.2, -0.15) is 5.10 Å². The maximum Gasteiger partial charge on any atom is 0.124 e. The molecule has 0 saturated carbocycles. The number of nitrogens with one attached hydrogen (secondary N) is 1. The molecule has 0 bridgehead atoms. The van der Waals surface area contributed by atoms with Crippen molar-refractivity contribution in [2.45, 2.75) is 51.8 Å². The van der Waals surface area contributed by atoms with Gasteiger partial charge in [-0.3, -0.25) is 9.67 Å². The standard InChI is InChI=1S/C29H30N4O/c1-19(2)20-3-5-21(6-4-20)26-9-7-23-17-24(8-10-27(23)34-26)28-25-18-31-15-16-33(25)32-29(28)22-11-13-30-14-12-22/h3-6,8,10-14,17,19,26,31H,7,9,15-16,18H2,1-2H3. The first-order valence-corrected chi connectivity index (χ1v) is 12.3. The van der Waals surface area contributed by atoms with E-state index in [0.29, 0.717) is 5.92 Å². The van der Waals surface area contributed by atoms with Crippen molar-refractivity contribution in [3.05, 3.63) is 89.4 Å². The first-order valence-electron chi connectivity index (χ1n) is 12.3. The van der Waals surface area contributed by atoms with E-state index in [2.05, 4.69) is 71.3 Å². The summed E-state index contributed by atoms with van der Waals surface area (Å²) in [5.74, 6) is 1.54. The first-order chi connectivity index (χ1) is 16.7. The molecule has 5 nitrogen and oxygen atoms in total. The monoisotopic (exact) mass is 450 g/mol. The van der Waals surface area contributed by atoms with Gasteiger partial charge in [0, 0.05) is 36.6 Å². The highest BCUT2D eigenvalue weighted by Gasteiger charge is 2.26. The van der Waals surface area contributed by atoms with Crippen LogP contribution in [0, 0.1) is 0 Å². The van der Waals surface area contributed by atoms with Crippen molar-refractivity contribution in [3.8, 4) is 28.1 Å². The first kappa shape index (κ1) is 21.1. The molecule has 5 heteroatoms. The van der Waals surface area contributed by atoms with Gasteiger partial charge in [-0.15, -0.1) is 0 Å². The van der Waals surface area contributed by atoms with Crippen LogP contribution in [0.3, 0.4) is 0 Å². The molecule has 0 aliphatic carbocycles. The Balaban J connectivity index is 1.34. The summed E-state index contributed by atoms with van der Waals surface area (Å²) in [5, 5.41) is 8.51. The van der Waals surface area contributed by atoms with Crippen LogP contribution in [-0.2, 0) is 19.5 Å². The molecule has 34 heavy (non-hydrogen) atoms. The summed E-state index contributed by atoms with van der Waals surface area (Å²) >= 11 is 0. The third-order valence-corrected chi connectivity index (χ3v) is 7.07. The number of hydrogen-bond acceptors (Lipinski definition) is 4. The normalized spacial score (nSPS) is 17.2. The van der Waals surface area contributed by atoms with Gasteiger partial charge in [-0.05, 0) is 65.3 Å². The topological polar surface area (TPSA) is 52.0 Å². The average molecular weight is 451 g/mol. The largest absolute Gasteiger partial charge is 0.485 e. The lowest BCUT2D eigenvalue weighted by molar-refractivity contribution is 0.176. The second-order valence-corrected chi connectivity index (χ2v) is 9.60. The van der Waals surface area contributed by atoms with Gasteiger partial charge in [0.1, 0.15) is 17.5 Å². The number of benzene rings is 2. The molecule has 1 atom stereocenters. The smallest absolute Gasteiger partial charge is 0.124 e. The molecular weight excluding hydrogens is 420 g/mol. The highest BCUT2D eigenvalue weighted by molar-refractivity contribution is 5.83. The van der Waals surface area contributed by atoms with E-state index >= 15 is 0 Å². The van der Waals surface area contributed by atoms with E-state index in [-0.39, 0.29) is 6.10 Å². The van der Waals surface area contributed by atoms with Gasteiger partial charge in [-0.25, -0.2) is 0 Å². The van der Waals surface area contributed by atoms with Crippen LogP contribution in [-0.4, -0.2) is 21.3 Å². The van der Waals surface area contributed by atoms with E-state index in [1.54, 1.807) is 0 Å². The van der Waals surface area contributed by atoms with E-state index in [1.165, 1.54) is 33.5 Å². The number of aryl methyl sites for hydroxylation is 1. The van der Waals surface area contributed by atoms with Crippen LogP contribution < -0.4 is 10.1 Å². The molecule has 4 heterocycles. The molecule has 6 rings (SSSR count). The zero-order valence-corrected chi connectivity index (χ0v) is 19.8. The Bertz CT molecular complexity index is 1310. The molecule has 2 aromatic carbocycles. The molecular formula is C29H30N4O. The SMILES string of the molecule is CC(C)c1ccc(C2CCc3cc(-c4c(-c5ccncc5)nn5c4CNCC5)ccc3O2)cc1. The quantitative estimate of drug-likeness (QED) is 0.420. The fourth-order valence-electron chi connectivity index (χ4n) is 5.14. The van der Waals surface area contributed by atoms with Gasteiger partial charge in [0.25, 0.3) is 0 Å². The fraction of sp³-hybridized carbons (Fsp3) is 0.310. The van der Waals surface area contributed by atoms with Crippen LogP contribution in [0.25, 0.3) is 22.4 Å². The number of hydrogen-bond donors (Lipinski definition) is 1. The van der Waals surface area contributed by atoms with Crippen LogP contribution in [0.5, 0.6) is 5.75 Å². The molecule has 0 radical (unpaired) electrons.